The molecule has 0 fully saturated rings. The number of amides is 2. The number of benzene rings is 3. The molecule has 0 unspecified atom stereocenters. The van der Waals surface area contributed by atoms with E-state index in [0.717, 1.165) is 22.9 Å². The van der Waals surface area contributed by atoms with Crippen LogP contribution in [-0.4, -0.2) is 18.4 Å². The molecule has 0 radical (unpaired) electrons. The molecule has 4 rings (SSSR count). The number of nitrogens with one attached hydrogen (secondary N) is 2. The molecule has 4 aromatic rings. The summed E-state index contributed by atoms with van der Waals surface area (Å²) in [6.45, 7) is 0.546. The number of hydrogen-bond acceptors (Lipinski definition) is 3. The number of fused-ring (bicyclic) bond motifs is 1. The van der Waals surface area contributed by atoms with Gasteiger partial charge in [0.25, 0.3) is 5.91 Å². The summed E-state index contributed by atoms with van der Waals surface area (Å²) in [7, 11) is 0. The number of para-hydroxylation sites is 1. The summed E-state index contributed by atoms with van der Waals surface area (Å²) in [5.41, 5.74) is 3.25. The Kier molecular flexibility index (Phi) is 6.34. The highest BCUT2D eigenvalue weighted by Crippen LogP contribution is 2.20. The highest BCUT2D eigenvalue weighted by Gasteiger charge is 2.12. The van der Waals surface area contributed by atoms with Crippen LogP contribution in [0.25, 0.3) is 11.0 Å². The van der Waals surface area contributed by atoms with Gasteiger partial charge in [0.15, 0.2) is 5.76 Å². The first-order valence-corrected chi connectivity index (χ1v) is 10.3. The predicted molar refractivity (Wildman–Crippen MR) is 122 cm³/mol. The van der Waals surface area contributed by atoms with Gasteiger partial charge in [0.2, 0.25) is 5.91 Å². The zero-order valence-electron chi connectivity index (χ0n) is 16.7. The van der Waals surface area contributed by atoms with Crippen LogP contribution in [0.3, 0.4) is 0 Å². The quantitative estimate of drug-likeness (QED) is 0.419. The summed E-state index contributed by atoms with van der Waals surface area (Å²) in [4.78, 5) is 24.6. The summed E-state index contributed by atoms with van der Waals surface area (Å²) in [5, 5.41) is 7.30. The molecule has 1 aromatic heterocycles. The van der Waals surface area contributed by atoms with Crippen LogP contribution < -0.4 is 10.6 Å². The van der Waals surface area contributed by atoms with Gasteiger partial charge >= 0.3 is 0 Å². The van der Waals surface area contributed by atoms with Crippen molar-refractivity contribution in [1.82, 2.24) is 5.32 Å². The van der Waals surface area contributed by atoms with Crippen LogP contribution in [0.1, 0.15) is 21.7 Å². The van der Waals surface area contributed by atoms with Crippen LogP contribution in [0, 0.1) is 0 Å². The molecule has 0 atom stereocenters. The Labute approximate surface area is 185 Å². The third kappa shape index (κ3) is 5.53. The van der Waals surface area contributed by atoms with Crippen molar-refractivity contribution in [2.45, 2.75) is 12.8 Å². The molecule has 3 aromatic carbocycles. The van der Waals surface area contributed by atoms with Gasteiger partial charge in [-0.15, -0.1) is 0 Å². The second kappa shape index (κ2) is 9.49. The highest BCUT2D eigenvalue weighted by atomic mass is 35.5. The molecular formula is C25H21ClN2O3. The largest absolute Gasteiger partial charge is 0.451 e. The first kappa shape index (κ1) is 20.7. The molecule has 5 nitrogen and oxygen atoms in total. The minimum atomic E-state index is -0.317. The maximum absolute atomic E-state index is 12.4. The third-order valence-corrected chi connectivity index (χ3v) is 5.09. The van der Waals surface area contributed by atoms with E-state index < -0.39 is 0 Å². The van der Waals surface area contributed by atoms with E-state index in [9.17, 15) is 9.59 Å². The van der Waals surface area contributed by atoms with Gasteiger partial charge in [-0.1, -0.05) is 54.1 Å². The number of halogens is 1. The topological polar surface area (TPSA) is 71.3 Å². The van der Waals surface area contributed by atoms with E-state index in [-0.39, 0.29) is 24.0 Å². The van der Waals surface area contributed by atoms with Gasteiger partial charge in [-0.2, -0.15) is 0 Å². The molecule has 2 amide bonds. The van der Waals surface area contributed by atoms with Crippen molar-refractivity contribution in [3.05, 3.63) is 101 Å². The smallest absolute Gasteiger partial charge is 0.291 e. The molecule has 156 valence electrons. The fraction of sp³-hybridized carbons (Fsp3) is 0.120. The number of carbonyl (C=O) groups excluding carboxylic acids is 2. The Balaban J connectivity index is 1.27. The average Bonchev–Trinajstić information content (AvgIpc) is 3.20. The summed E-state index contributed by atoms with van der Waals surface area (Å²) < 4.78 is 5.58. The molecule has 6 heteroatoms. The second-order valence-corrected chi connectivity index (χ2v) is 7.64. The normalized spacial score (nSPS) is 10.7. The van der Waals surface area contributed by atoms with E-state index in [2.05, 4.69) is 10.6 Å². The molecule has 0 spiro atoms. The zero-order valence-corrected chi connectivity index (χ0v) is 17.5. The number of rotatable bonds is 7. The Morgan fingerprint density at radius 1 is 0.871 bits per heavy atom. The second-order valence-electron chi connectivity index (χ2n) is 7.21. The van der Waals surface area contributed by atoms with Crippen LogP contribution >= 0.6 is 11.6 Å². The van der Waals surface area contributed by atoms with Crippen molar-refractivity contribution in [2.75, 3.05) is 11.9 Å². The van der Waals surface area contributed by atoms with Crippen LogP contribution in [0.2, 0.25) is 5.02 Å². The van der Waals surface area contributed by atoms with Crippen molar-refractivity contribution < 1.29 is 14.0 Å². The Hall–Kier alpha value is -3.57. The van der Waals surface area contributed by atoms with Gasteiger partial charge in [-0.25, -0.2) is 0 Å². The van der Waals surface area contributed by atoms with E-state index in [0.29, 0.717) is 22.8 Å². The van der Waals surface area contributed by atoms with Gasteiger partial charge < -0.3 is 15.1 Å². The molecule has 0 aliphatic carbocycles. The fourth-order valence-corrected chi connectivity index (χ4v) is 3.49. The van der Waals surface area contributed by atoms with Crippen LogP contribution in [0.4, 0.5) is 5.69 Å². The van der Waals surface area contributed by atoms with E-state index in [4.69, 9.17) is 16.0 Å². The number of carbonyl (C=O) groups is 2. The molecule has 31 heavy (non-hydrogen) atoms. The standard InChI is InChI=1S/C25H21ClN2O3/c26-20-6-3-4-17(14-20)12-13-27-24(29)15-18-8-10-21(11-9-18)28-25(30)23-16-19-5-1-2-7-22(19)31-23/h1-11,14,16H,12-13,15H2,(H,27,29)(H,28,30). The lowest BCUT2D eigenvalue weighted by molar-refractivity contribution is -0.120. The molecule has 2 N–H and O–H groups in total. The maximum Gasteiger partial charge on any atom is 0.291 e. The van der Waals surface area contributed by atoms with Gasteiger partial charge in [0.1, 0.15) is 5.58 Å². The molecule has 0 aliphatic rings. The molecule has 0 saturated heterocycles. The lowest BCUT2D eigenvalue weighted by Crippen LogP contribution is -2.27. The summed E-state index contributed by atoms with van der Waals surface area (Å²) in [6, 6.07) is 24.0. The van der Waals surface area contributed by atoms with Crippen molar-refractivity contribution >= 4 is 40.1 Å². The highest BCUT2D eigenvalue weighted by molar-refractivity contribution is 6.30. The maximum atomic E-state index is 12.4. The number of hydrogen-bond donors (Lipinski definition) is 2. The van der Waals surface area contributed by atoms with E-state index >= 15 is 0 Å². The van der Waals surface area contributed by atoms with E-state index in [1.165, 1.54) is 0 Å². The fourth-order valence-electron chi connectivity index (χ4n) is 3.28. The van der Waals surface area contributed by atoms with Crippen LogP contribution in [0.15, 0.2) is 83.3 Å². The Bertz CT molecular complexity index is 1180. The van der Waals surface area contributed by atoms with Gasteiger partial charge in [0.05, 0.1) is 6.42 Å². The third-order valence-electron chi connectivity index (χ3n) is 4.85. The lowest BCUT2D eigenvalue weighted by atomic mass is 10.1. The minimum absolute atomic E-state index is 0.0545. The van der Waals surface area contributed by atoms with E-state index in [1.54, 1.807) is 18.2 Å². The van der Waals surface area contributed by atoms with Crippen molar-refractivity contribution in [3.63, 3.8) is 0 Å². The van der Waals surface area contributed by atoms with Crippen molar-refractivity contribution in [3.8, 4) is 0 Å². The summed E-state index contributed by atoms with van der Waals surface area (Å²) in [6.07, 6.45) is 0.992. The minimum Gasteiger partial charge on any atom is -0.451 e. The Morgan fingerprint density at radius 3 is 2.45 bits per heavy atom. The average molecular weight is 433 g/mol. The molecule has 1 heterocycles. The Morgan fingerprint density at radius 2 is 1.68 bits per heavy atom. The monoisotopic (exact) mass is 432 g/mol. The van der Waals surface area contributed by atoms with Gasteiger partial charge in [0, 0.05) is 22.6 Å². The summed E-state index contributed by atoms with van der Waals surface area (Å²) in [5.74, 6) is -0.117. The molecule has 0 bridgehead atoms. The first-order chi connectivity index (χ1) is 15.1. The van der Waals surface area contributed by atoms with Gasteiger partial charge in [-0.3, -0.25) is 9.59 Å². The molecule has 0 saturated carbocycles. The number of anilines is 1. The van der Waals surface area contributed by atoms with E-state index in [1.807, 2.05) is 60.7 Å². The lowest BCUT2D eigenvalue weighted by Gasteiger charge is -2.07. The SMILES string of the molecule is O=C(Cc1ccc(NC(=O)c2cc3ccccc3o2)cc1)NCCc1cccc(Cl)c1. The predicted octanol–water partition coefficient (Wildman–Crippen LogP) is 5.24. The number of furan rings is 1. The summed E-state index contributed by atoms with van der Waals surface area (Å²) >= 11 is 5.97. The van der Waals surface area contributed by atoms with Gasteiger partial charge in [-0.05, 0) is 53.9 Å². The first-order valence-electron chi connectivity index (χ1n) is 9.97. The van der Waals surface area contributed by atoms with Crippen molar-refractivity contribution in [2.24, 2.45) is 0 Å². The van der Waals surface area contributed by atoms with Crippen LogP contribution in [-0.2, 0) is 17.6 Å². The molecule has 0 aliphatic heterocycles. The van der Waals surface area contributed by atoms with Crippen LogP contribution in [0.5, 0.6) is 0 Å². The molecular weight excluding hydrogens is 412 g/mol. The zero-order chi connectivity index (χ0) is 21.6. The van der Waals surface area contributed by atoms with Crippen molar-refractivity contribution in [1.29, 1.82) is 0 Å².